The normalized spacial score (nSPS) is 18.9. The average Bonchev–Trinajstić information content (AvgIpc) is 3.12. The van der Waals surface area contributed by atoms with Gasteiger partial charge in [-0.05, 0) is 37.4 Å². The summed E-state index contributed by atoms with van der Waals surface area (Å²) >= 11 is 1.74. The minimum Gasteiger partial charge on any atom is -0.383 e. The lowest BCUT2D eigenvalue weighted by Gasteiger charge is -2.27. The molecule has 2 heterocycles. The monoisotopic (exact) mass is 297 g/mol. The number of carbonyl (C=O) groups excluding carboxylic acids is 1. The van der Waals surface area contributed by atoms with Crippen molar-refractivity contribution in [1.82, 2.24) is 10.2 Å². The first-order valence-electron chi connectivity index (χ1n) is 7.02. The fraction of sp³-hybridized carbons (Fsp3) is 0.643. The number of nitrogens with zero attached hydrogens (tertiary/aromatic N) is 1. The minimum absolute atomic E-state index is 0.146. The lowest BCUT2D eigenvalue weighted by molar-refractivity contribution is -0.123. The molecule has 0 aliphatic carbocycles. The maximum atomic E-state index is 11.9. The Morgan fingerprint density at radius 2 is 2.30 bits per heavy atom. The van der Waals surface area contributed by atoms with E-state index >= 15 is 0 Å². The van der Waals surface area contributed by atoms with Gasteiger partial charge < -0.3 is 15.8 Å². The molecule has 1 amide bonds. The largest absolute Gasteiger partial charge is 0.383 e. The molecular formula is C14H23N3O2S. The van der Waals surface area contributed by atoms with E-state index in [1.165, 1.54) is 17.7 Å². The van der Waals surface area contributed by atoms with Crippen molar-refractivity contribution in [2.24, 2.45) is 5.73 Å². The van der Waals surface area contributed by atoms with E-state index in [2.05, 4.69) is 27.7 Å². The zero-order valence-corrected chi connectivity index (χ0v) is 12.7. The Morgan fingerprint density at radius 3 is 2.90 bits per heavy atom. The molecule has 1 aliphatic heterocycles. The van der Waals surface area contributed by atoms with Crippen LogP contribution in [0.3, 0.4) is 0 Å². The molecule has 1 aromatic rings. The quantitative estimate of drug-likeness (QED) is 0.787. The number of likely N-dealkylation sites (tertiary alicyclic amines) is 1. The lowest BCUT2D eigenvalue weighted by atomic mass is 10.2. The average molecular weight is 297 g/mol. The van der Waals surface area contributed by atoms with E-state index in [4.69, 9.17) is 10.5 Å². The third-order valence-electron chi connectivity index (χ3n) is 3.61. The van der Waals surface area contributed by atoms with Crippen LogP contribution in [0.15, 0.2) is 17.5 Å². The van der Waals surface area contributed by atoms with E-state index in [1.54, 1.807) is 18.4 Å². The number of nitrogens with one attached hydrogen (secondary N) is 1. The van der Waals surface area contributed by atoms with E-state index in [0.29, 0.717) is 6.54 Å². The van der Waals surface area contributed by atoms with E-state index < -0.39 is 6.04 Å². The summed E-state index contributed by atoms with van der Waals surface area (Å²) in [6.07, 6.45) is 2.47. The molecule has 1 aromatic heterocycles. The fourth-order valence-corrected chi connectivity index (χ4v) is 3.39. The molecule has 2 unspecified atom stereocenters. The number of carbonyl (C=O) groups is 1. The highest BCUT2D eigenvalue weighted by Gasteiger charge is 2.25. The molecule has 1 fully saturated rings. The Morgan fingerprint density at radius 1 is 1.55 bits per heavy atom. The second kappa shape index (κ2) is 7.73. The van der Waals surface area contributed by atoms with E-state index in [1.807, 2.05) is 0 Å². The van der Waals surface area contributed by atoms with Crippen LogP contribution in [-0.4, -0.2) is 50.2 Å². The zero-order chi connectivity index (χ0) is 14.4. The van der Waals surface area contributed by atoms with Crippen molar-refractivity contribution in [3.05, 3.63) is 22.4 Å². The van der Waals surface area contributed by atoms with Crippen LogP contribution in [-0.2, 0) is 9.53 Å². The van der Waals surface area contributed by atoms with Crippen molar-refractivity contribution in [2.75, 3.05) is 33.4 Å². The Balaban J connectivity index is 1.93. The van der Waals surface area contributed by atoms with Gasteiger partial charge in [-0.25, -0.2) is 0 Å². The predicted molar refractivity (Wildman–Crippen MR) is 80.7 cm³/mol. The standard InChI is InChI=1S/C14H23N3O2S/c1-19-10-11(15)14(18)16-9-12(13-5-4-8-20-13)17-6-2-3-7-17/h4-5,8,11-12H,2-3,6-7,9-10,15H2,1H3,(H,16,18). The molecular weight excluding hydrogens is 274 g/mol. The molecule has 5 nitrogen and oxygen atoms in total. The number of ether oxygens (including phenoxy) is 1. The zero-order valence-electron chi connectivity index (χ0n) is 11.9. The molecule has 0 aromatic carbocycles. The van der Waals surface area contributed by atoms with Gasteiger partial charge in [0, 0.05) is 18.5 Å². The van der Waals surface area contributed by atoms with Gasteiger partial charge in [-0.2, -0.15) is 0 Å². The second-order valence-corrected chi connectivity index (χ2v) is 6.06. The van der Waals surface area contributed by atoms with Crippen LogP contribution < -0.4 is 11.1 Å². The lowest BCUT2D eigenvalue weighted by Crippen LogP contribution is -2.46. The Labute approximate surface area is 124 Å². The van der Waals surface area contributed by atoms with Crippen molar-refractivity contribution in [2.45, 2.75) is 24.9 Å². The Hall–Kier alpha value is -0.950. The summed E-state index contributed by atoms with van der Waals surface area (Å²) in [5.41, 5.74) is 5.74. The Kier molecular flexibility index (Phi) is 5.97. The minimum atomic E-state index is -0.595. The topological polar surface area (TPSA) is 67.6 Å². The van der Waals surface area contributed by atoms with Crippen molar-refractivity contribution >= 4 is 17.2 Å². The summed E-state index contributed by atoms with van der Waals surface area (Å²) < 4.78 is 4.91. The van der Waals surface area contributed by atoms with Gasteiger partial charge in [0.25, 0.3) is 0 Å². The van der Waals surface area contributed by atoms with Crippen LogP contribution in [0, 0.1) is 0 Å². The molecule has 112 valence electrons. The summed E-state index contributed by atoms with van der Waals surface area (Å²) in [7, 11) is 1.55. The molecule has 0 spiro atoms. The van der Waals surface area contributed by atoms with Crippen LogP contribution >= 0.6 is 11.3 Å². The van der Waals surface area contributed by atoms with Crippen LogP contribution in [0.4, 0.5) is 0 Å². The van der Waals surface area contributed by atoms with Gasteiger partial charge in [0.1, 0.15) is 6.04 Å². The van der Waals surface area contributed by atoms with E-state index in [0.717, 1.165) is 13.1 Å². The van der Waals surface area contributed by atoms with Crippen LogP contribution in [0.25, 0.3) is 0 Å². The predicted octanol–water partition coefficient (Wildman–Crippen LogP) is 0.975. The maximum Gasteiger partial charge on any atom is 0.239 e. The van der Waals surface area contributed by atoms with Crippen molar-refractivity contribution in [1.29, 1.82) is 0 Å². The van der Waals surface area contributed by atoms with Gasteiger partial charge in [-0.1, -0.05) is 6.07 Å². The molecule has 20 heavy (non-hydrogen) atoms. The first-order chi connectivity index (χ1) is 9.72. The number of nitrogens with two attached hydrogens (primary N) is 1. The number of hydrogen-bond acceptors (Lipinski definition) is 5. The second-order valence-electron chi connectivity index (χ2n) is 5.08. The summed E-state index contributed by atoms with van der Waals surface area (Å²) in [4.78, 5) is 15.6. The molecule has 2 rings (SSSR count). The first kappa shape index (κ1) is 15.4. The number of amides is 1. The van der Waals surface area contributed by atoms with Crippen LogP contribution in [0.2, 0.25) is 0 Å². The molecule has 0 radical (unpaired) electrons. The van der Waals surface area contributed by atoms with Crippen molar-refractivity contribution in [3.8, 4) is 0 Å². The molecule has 0 bridgehead atoms. The smallest absolute Gasteiger partial charge is 0.239 e. The number of rotatable bonds is 7. The van der Waals surface area contributed by atoms with Gasteiger partial charge in [0.15, 0.2) is 0 Å². The van der Waals surface area contributed by atoms with Gasteiger partial charge in [0.05, 0.1) is 12.6 Å². The summed E-state index contributed by atoms with van der Waals surface area (Å²) in [5.74, 6) is -0.146. The highest BCUT2D eigenvalue weighted by Crippen LogP contribution is 2.27. The van der Waals surface area contributed by atoms with Crippen molar-refractivity contribution in [3.63, 3.8) is 0 Å². The maximum absolute atomic E-state index is 11.9. The van der Waals surface area contributed by atoms with Gasteiger partial charge >= 0.3 is 0 Å². The molecule has 2 atom stereocenters. The van der Waals surface area contributed by atoms with E-state index in [-0.39, 0.29) is 18.6 Å². The van der Waals surface area contributed by atoms with Gasteiger partial charge in [-0.3, -0.25) is 9.69 Å². The van der Waals surface area contributed by atoms with E-state index in [9.17, 15) is 4.79 Å². The number of hydrogen-bond donors (Lipinski definition) is 2. The number of thiophene rings is 1. The molecule has 0 saturated carbocycles. The third-order valence-corrected chi connectivity index (χ3v) is 4.58. The summed E-state index contributed by atoms with van der Waals surface area (Å²) in [6.45, 7) is 3.06. The van der Waals surface area contributed by atoms with Crippen LogP contribution in [0.5, 0.6) is 0 Å². The van der Waals surface area contributed by atoms with Crippen LogP contribution in [0.1, 0.15) is 23.8 Å². The molecule has 1 saturated heterocycles. The highest BCUT2D eigenvalue weighted by atomic mass is 32.1. The summed E-state index contributed by atoms with van der Waals surface area (Å²) in [6, 6.07) is 3.86. The van der Waals surface area contributed by atoms with Gasteiger partial charge in [-0.15, -0.1) is 11.3 Å². The third kappa shape index (κ3) is 4.02. The fourth-order valence-electron chi connectivity index (χ4n) is 2.53. The Bertz CT molecular complexity index is 405. The summed E-state index contributed by atoms with van der Waals surface area (Å²) in [5, 5.41) is 5.03. The van der Waals surface area contributed by atoms with Crippen molar-refractivity contribution < 1.29 is 9.53 Å². The van der Waals surface area contributed by atoms with Gasteiger partial charge in [0.2, 0.25) is 5.91 Å². The highest BCUT2D eigenvalue weighted by molar-refractivity contribution is 7.10. The molecule has 6 heteroatoms. The number of methoxy groups -OCH3 is 1. The molecule has 1 aliphatic rings. The first-order valence-corrected chi connectivity index (χ1v) is 7.90. The SMILES string of the molecule is COCC(N)C(=O)NCC(c1cccs1)N1CCCC1. The molecule has 3 N–H and O–H groups in total.